The Labute approximate surface area is 277 Å². The van der Waals surface area contributed by atoms with Crippen molar-refractivity contribution in [2.75, 3.05) is 13.6 Å². The lowest BCUT2D eigenvalue weighted by molar-refractivity contribution is 0.0685. The van der Waals surface area contributed by atoms with Gasteiger partial charge in [-0.3, -0.25) is 9.89 Å². The molecule has 0 spiro atoms. The van der Waals surface area contributed by atoms with Crippen molar-refractivity contribution in [2.45, 2.75) is 22.8 Å². The Morgan fingerprint density at radius 3 is 2.52 bits per heavy atom. The van der Waals surface area contributed by atoms with Gasteiger partial charge < -0.3 is 23.9 Å². The number of hydrogen-bond donors (Lipinski definition) is 1. The first kappa shape index (κ1) is 32.2. The minimum atomic E-state index is -1.21. The summed E-state index contributed by atoms with van der Waals surface area (Å²) in [6, 6.07) is 20.7. The molecule has 0 aliphatic carbocycles. The molecule has 11 nitrogen and oxygen atoms in total. The normalized spacial score (nSPS) is 14.1. The molecular formula is C34H26F2N6O5S. The molecule has 1 N–H and O–H groups in total. The number of rotatable bonds is 11. The third-order valence-corrected chi connectivity index (χ3v) is 8.35. The van der Waals surface area contributed by atoms with Gasteiger partial charge in [0.2, 0.25) is 11.6 Å². The summed E-state index contributed by atoms with van der Waals surface area (Å²) < 4.78 is 50.2. The summed E-state index contributed by atoms with van der Waals surface area (Å²) >= 11 is 1.21. The van der Waals surface area contributed by atoms with Gasteiger partial charge >= 0.3 is 5.97 Å². The number of aromatic carboxylic acids is 1. The summed E-state index contributed by atoms with van der Waals surface area (Å²) in [5, 5.41) is 19.3. The van der Waals surface area contributed by atoms with E-state index in [0.29, 0.717) is 22.2 Å². The fourth-order valence-corrected chi connectivity index (χ4v) is 5.68. The molecule has 1 aliphatic heterocycles. The number of carbonyl (C=O) groups is 1. The maximum atomic E-state index is 16.0. The van der Waals surface area contributed by atoms with Crippen molar-refractivity contribution in [1.82, 2.24) is 19.4 Å². The molecule has 48 heavy (non-hydrogen) atoms. The second kappa shape index (κ2) is 13.9. The fourth-order valence-electron chi connectivity index (χ4n) is 4.81. The van der Waals surface area contributed by atoms with Gasteiger partial charge in [-0.1, -0.05) is 42.1 Å². The van der Waals surface area contributed by atoms with E-state index in [1.807, 2.05) is 48.3 Å². The van der Waals surface area contributed by atoms with Crippen molar-refractivity contribution in [3.63, 3.8) is 0 Å². The molecule has 1 atom stereocenters. The Balaban J connectivity index is 1.31. The molecule has 0 fully saturated rings. The third kappa shape index (κ3) is 6.82. The Hall–Kier alpha value is -5.78. The number of halogens is 2. The number of carboxylic acid groups (broad SMARTS) is 1. The van der Waals surface area contributed by atoms with Crippen LogP contribution in [0.25, 0.3) is 0 Å². The number of nitrogens with zero attached hydrogens (tertiary/aromatic N) is 6. The lowest BCUT2D eigenvalue weighted by atomic mass is 10.1. The van der Waals surface area contributed by atoms with E-state index in [9.17, 15) is 15.2 Å². The van der Waals surface area contributed by atoms with E-state index < -0.39 is 35.4 Å². The van der Waals surface area contributed by atoms with Crippen LogP contribution in [0.3, 0.4) is 0 Å². The Bertz CT molecular complexity index is 2070. The highest BCUT2D eigenvalue weighted by molar-refractivity contribution is 7.99. The second-order valence-corrected chi connectivity index (χ2v) is 11.6. The Morgan fingerprint density at radius 1 is 1.02 bits per heavy atom. The van der Waals surface area contributed by atoms with Crippen LogP contribution in [-0.2, 0) is 13.7 Å². The molecule has 0 bridgehead atoms. The van der Waals surface area contributed by atoms with Crippen LogP contribution in [0.2, 0.25) is 0 Å². The van der Waals surface area contributed by atoms with Gasteiger partial charge in [-0.25, -0.2) is 19.2 Å². The van der Waals surface area contributed by atoms with Gasteiger partial charge in [-0.05, 0) is 42.9 Å². The molecule has 1 aliphatic rings. The first-order chi connectivity index (χ1) is 23.2. The standard InChI is InChI=1S/C34H26F2N6O5S/c1-41-13-12-38-31(41)23-15-22(48-34-40-18-25(33(43)44)42(34)2)9-11-26(23)46-30-24(35)17-39-32(29(30)36)47-28-14-21(16-37)8-10-27(28)45-19-20-6-4-3-5-7-20/h3-12,14-15,17-18,31H,13,19H2,1-2H3,(H,43,44). The number of hydrogen-bond acceptors (Lipinski definition) is 10. The van der Waals surface area contributed by atoms with Crippen LogP contribution in [0.5, 0.6) is 28.9 Å². The maximum Gasteiger partial charge on any atom is 0.354 e. The van der Waals surface area contributed by atoms with Gasteiger partial charge in [0.15, 0.2) is 22.5 Å². The Kier molecular flexibility index (Phi) is 9.33. The lowest BCUT2D eigenvalue weighted by Gasteiger charge is -2.22. The van der Waals surface area contributed by atoms with Gasteiger partial charge in [-0.15, -0.1) is 0 Å². The zero-order valence-electron chi connectivity index (χ0n) is 25.5. The number of ether oxygens (including phenoxy) is 3. The van der Waals surface area contributed by atoms with Crippen LogP contribution < -0.4 is 14.2 Å². The van der Waals surface area contributed by atoms with E-state index in [2.05, 4.69) is 15.0 Å². The third-order valence-electron chi connectivity index (χ3n) is 7.29. The van der Waals surface area contributed by atoms with Gasteiger partial charge in [0, 0.05) is 36.3 Å². The Morgan fingerprint density at radius 2 is 1.81 bits per heavy atom. The highest BCUT2D eigenvalue weighted by atomic mass is 32.2. The number of imidazole rings is 1. The number of carboxylic acids is 1. The molecule has 1 unspecified atom stereocenters. The van der Waals surface area contributed by atoms with Gasteiger partial charge in [0.1, 0.15) is 24.2 Å². The molecule has 3 heterocycles. The lowest BCUT2D eigenvalue weighted by Crippen LogP contribution is -2.19. The molecular weight excluding hydrogens is 642 g/mol. The predicted octanol–water partition coefficient (Wildman–Crippen LogP) is 6.99. The highest BCUT2D eigenvalue weighted by Crippen LogP contribution is 2.42. The predicted molar refractivity (Wildman–Crippen MR) is 171 cm³/mol. The van der Waals surface area contributed by atoms with Crippen LogP contribution in [-0.4, -0.2) is 50.3 Å². The highest BCUT2D eigenvalue weighted by Gasteiger charge is 2.27. The van der Waals surface area contributed by atoms with Crippen LogP contribution in [0.15, 0.2) is 94.2 Å². The maximum absolute atomic E-state index is 16.0. The average Bonchev–Trinajstić information content (AvgIpc) is 3.69. The molecule has 0 saturated heterocycles. The molecule has 5 aromatic rings. The van der Waals surface area contributed by atoms with E-state index >= 15 is 8.78 Å². The number of aromatic nitrogens is 3. The summed E-state index contributed by atoms with van der Waals surface area (Å²) in [5.74, 6) is -4.42. The SMILES string of the molecule is CN1CC=NC1c1cc(Sc2ncc(C(=O)O)n2C)ccc1Oc1c(F)cnc(Oc2cc(C#N)ccc2OCc2ccccc2)c1F. The van der Waals surface area contributed by atoms with Gasteiger partial charge in [0.05, 0.1) is 24.0 Å². The van der Waals surface area contributed by atoms with Crippen molar-refractivity contribution < 1.29 is 32.9 Å². The molecule has 2 aromatic heterocycles. The first-order valence-electron chi connectivity index (χ1n) is 14.4. The number of aliphatic imine (C=N–C) groups is 1. The van der Waals surface area contributed by atoms with Crippen molar-refractivity contribution in [2.24, 2.45) is 12.0 Å². The quantitative estimate of drug-likeness (QED) is 0.157. The zero-order valence-corrected chi connectivity index (χ0v) is 26.3. The van der Waals surface area contributed by atoms with E-state index in [4.69, 9.17) is 14.2 Å². The van der Waals surface area contributed by atoms with Crippen LogP contribution in [0.4, 0.5) is 8.78 Å². The fraction of sp³-hybridized carbons (Fsp3) is 0.147. The molecule has 14 heteroatoms. The zero-order chi connectivity index (χ0) is 33.8. The van der Waals surface area contributed by atoms with Crippen LogP contribution in [0.1, 0.15) is 33.3 Å². The van der Waals surface area contributed by atoms with Crippen molar-refractivity contribution >= 4 is 23.9 Å². The average molecular weight is 669 g/mol. The number of pyridine rings is 1. The van der Waals surface area contributed by atoms with Crippen molar-refractivity contribution in [3.8, 4) is 34.9 Å². The molecule has 3 aromatic carbocycles. The van der Waals surface area contributed by atoms with E-state index in [0.717, 1.165) is 11.8 Å². The van der Waals surface area contributed by atoms with Crippen molar-refractivity contribution in [3.05, 3.63) is 113 Å². The second-order valence-electron chi connectivity index (χ2n) is 10.5. The number of nitriles is 1. The monoisotopic (exact) mass is 668 g/mol. The first-order valence-corrected chi connectivity index (χ1v) is 15.2. The van der Waals surface area contributed by atoms with Crippen LogP contribution in [0, 0.1) is 23.0 Å². The summed E-state index contributed by atoms with van der Waals surface area (Å²) in [6.07, 6.45) is 3.23. The summed E-state index contributed by atoms with van der Waals surface area (Å²) in [6.45, 7) is 0.710. The molecule has 0 saturated carbocycles. The van der Waals surface area contributed by atoms with E-state index in [1.165, 1.54) is 40.7 Å². The molecule has 0 radical (unpaired) electrons. The molecule has 0 amide bonds. The van der Waals surface area contributed by atoms with Gasteiger partial charge in [-0.2, -0.15) is 9.65 Å². The topological polar surface area (TPSA) is 135 Å². The van der Waals surface area contributed by atoms with Crippen molar-refractivity contribution in [1.29, 1.82) is 5.26 Å². The molecule has 242 valence electrons. The summed E-state index contributed by atoms with van der Waals surface area (Å²) in [7, 11) is 3.43. The largest absolute Gasteiger partial charge is 0.485 e. The van der Waals surface area contributed by atoms with Crippen LogP contribution >= 0.6 is 11.8 Å². The summed E-state index contributed by atoms with van der Waals surface area (Å²) in [5.41, 5.74) is 1.62. The number of benzene rings is 3. The van der Waals surface area contributed by atoms with Gasteiger partial charge in [0.25, 0.3) is 5.88 Å². The van der Waals surface area contributed by atoms with E-state index in [1.54, 1.807) is 31.5 Å². The smallest absolute Gasteiger partial charge is 0.354 e. The summed E-state index contributed by atoms with van der Waals surface area (Å²) in [4.78, 5) is 26.6. The minimum absolute atomic E-state index is 0.00161. The van der Waals surface area contributed by atoms with E-state index in [-0.39, 0.29) is 35.1 Å². The minimum Gasteiger partial charge on any atom is -0.485 e. The molecule has 6 rings (SSSR count).